The van der Waals surface area contributed by atoms with E-state index in [2.05, 4.69) is 43.4 Å². The van der Waals surface area contributed by atoms with Crippen LogP contribution in [-0.4, -0.2) is 7.11 Å². The van der Waals surface area contributed by atoms with Crippen LogP contribution < -0.4 is 10.1 Å². The molecule has 0 amide bonds. The third kappa shape index (κ3) is 2.75. The van der Waals surface area contributed by atoms with Gasteiger partial charge in [0.25, 0.3) is 0 Å². The summed E-state index contributed by atoms with van der Waals surface area (Å²) >= 11 is 0. The number of hydrogen-bond donors (Lipinski definition) is 1. The first-order valence-corrected chi connectivity index (χ1v) is 6.53. The lowest BCUT2D eigenvalue weighted by molar-refractivity contribution is 0.416. The first kappa shape index (κ1) is 14.0. The van der Waals surface area contributed by atoms with E-state index < -0.39 is 0 Å². The Balaban J connectivity index is 2.30. The number of benzene rings is 2. The van der Waals surface area contributed by atoms with Gasteiger partial charge in [-0.2, -0.15) is 5.26 Å². The molecule has 0 aromatic heterocycles. The zero-order valence-electron chi connectivity index (χ0n) is 12.0. The van der Waals surface area contributed by atoms with Crippen molar-refractivity contribution in [3.05, 3.63) is 58.7 Å². The van der Waals surface area contributed by atoms with Gasteiger partial charge in [-0.05, 0) is 42.7 Å². The molecule has 0 fully saturated rings. The molecule has 0 bridgehead atoms. The summed E-state index contributed by atoms with van der Waals surface area (Å²) in [5.41, 5.74) is 5.08. The largest absolute Gasteiger partial charge is 0.495 e. The molecule has 2 rings (SSSR count). The van der Waals surface area contributed by atoms with Gasteiger partial charge in [0.05, 0.1) is 18.4 Å². The van der Waals surface area contributed by atoms with Gasteiger partial charge in [-0.1, -0.05) is 24.3 Å². The van der Waals surface area contributed by atoms with Gasteiger partial charge in [0.15, 0.2) is 0 Å². The number of anilines is 1. The molecule has 0 spiro atoms. The predicted octanol–water partition coefficient (Wildman–Crippen LogP) is 3.80. The zero-order chi connectivity index (χ0) is 14.5. The Morgan fingerprint density at radius 1 is 1.10 bits per heavy atom. The van der Waals surface area contributed by atoms with Gasteiger partial charge in [-0.3, -0.25) is 0 Å². The maximum atomic E-state index is 9.20. The van der Waals surface area contributed by atoms with Crippen LogP contribution in [0.4, 0.5) is 5.69 Å². The summed E-state index contributed by atoms with van der Waals surface area (Å²) < 4.78 is 5.32. The molecule has 3 nitrogen and oxygen atoms in total. The first-order valence-electron chi connectivity index (χ1n) is 6.53. The number of aryl methyl sites for hydroxylation is 2. The minimum atomic E-state index is 0.593. The second-order valence-corrected chi connectivity index (χ2v) is 4.72. The van der Waals surface area contributed by atoms with E-state index >= 15 is 0 Å². The van der Waals surface area contributed by atoms with Crippen molar-refractivity contribution >= 4 is 5.69 Å². The van der Waals surface area contributed by atoms with Crippen LogP contribution in [0.3, 0.4) is 0 Å². The summed E-state index contributed by atoms with van der Waals surface area (Å²) in [7, 11) is 1.61. The molecule has 3 heteroatoms. The fourth-order valence-corrected chi connectivity index (χ4v) is 2.28. The molecular weight excluding hydrogens is 248 g/mol. The SMILES string of the molecule is COc1cccc(C#N)c1NCc1c(C)cccc1C. The number of hydrogen-bond acceptors (Lipinski definition) is 3. The molecule has 2 aromatic rings. The minimum Gasteiger partial charge on any atom is -0.495 e. The Morgan fingerprint density at radius 3 is 2.35 bits per heavy atom. The number of rotatable bonds is 4. The summed E-state index contributed by atoms with van der Waals surface area (Å²) in [6.07, 6.45) is 0. The molecule has 0 aliphatic heterocycles. The fourth-order valence-electron chi connectivity index (χ4n) is 2.28. The molecule has 20 heavy (non-hydrogen) atoms. The molecule has 2 aromatic carbocycles. The predicted molar refractivity (Wildman–Crippen MR) is 81.0 cm³/mol. The van der Waals surface area contributed by atoms with Gasteiger partial charge in [0, 0.05) is 6.54 Å². The molecular formula is C17H18N2O. The van der Waals surface area contributed by atoms with Crippen molar-refractivity contribution in [1.29, 1.82) is 5.26 Å². The number of methoxy groups -OCH3 is 1. The van der Waals surface area contributed by atoms with E-state index in [4.69, 9.17) is 4.74 Å². The monoisotopic (exact) mass is 266 g/mol. The van der Waals surface area contributed by atoms with E-state index in [0.717, 1.165) is 5.69 Å². The topological polar surface area (TPSA) is 45.0 Å². The molecule has 0 saturated heterocycles. The molecule has 0 aliphatic rings. The van der Waals surface area contributed by atoms with Gasteiger partial charge < -0.3 is 10.1 Å². The highest BCUT2D eigenvalue weighted by atomic mass is 16.5. The summed E-state index contributed by atoms with van der Waals surface area (Å²) in [6.45, 7) is 4.86. The smallest absolute Gasteiger partial charge is 0.143 e. The maximum absolute atomic E-state index is 9.20. The van der Waals surface area contributed by atoms with E-state index in [0.29, 0.717) is 17.9 Å². The van der Waals surface area contributed by atoms with Crippen LogP contribution >= 0.6 is 0 Å². The summed E-state index contributed by atoms with van der Waals surface area (Å²) in [5.74, 6) is 0.690. The number of ether oxygens (including phenoxy) is 1. The highest BCUT2D eigenvalue weighted by Gasteiger charge is 2.09. The normalized spacial score (nSPS) is 9.90. The van der Waals surface area contributed by atoms with E-state index in [1.165, 1.54) is 16.7 Å². The fraction of sp³-hybridized carbons (Fsp3) is 0.235. The summed E-state index contributed by atoms with van der Waals surface area (Å²) in [5, 5.41) is 12.5. The molecule has 0 atom stereocenters. The van der Waals surface area contributed by atoms with E-state index in [1.807, 2.05) is 12.1 Å². The highest BCUT2D eigenvalue weighted by molar-refractivity contribution is 5.66. The third-order valence-electron chi connectivity index (χ3n) is 3.45. The average molecular weight is 266 g/mol. The van der Waals surface area contributed by atoms with E-state index in [-0.39, 0.29) is 0 Å². The third-order valence-corrected chi connectivity index (χ3v) is 3.45. The Labute approximate surface area is 119 Å². The van der Waals surface area contributed by atoms with Crippen LogP contribution in [0, 0.1) is 25.2 Å². The van der Waals surface area contributed by atoms with Crippen molar-refractivity contribution in [2.75, 3.05) is 12.4 Å². The summed E-state index contributed by atoms with van der Waals surface area (Å²) in [6, 6.07) is 13.9. The maximum Gasteiger partial charge on any atom is 0.143 e. The highest BCUT2D eigenvalue weighted by Crippen LogP contribution is 2.28. The quantitative estimate of drug-likeness (QED) is 0.915. The van der Waals surface area contributed by atoms with Gasteiger partial charge in [0.2, 0.25) is 0 Å². The lowest BCUT2D eigenvalue weighted by atomic mass is 10.0. The Bertz CT molecular complexity index is 636. The molecule has 102 valence electrons. The number of nitriles is 1. The number of nitrogens with one attached hydrogen (secondary N) is 1. The second-order valence-electron chi connectivity index (χ2n) is 4.72. The Morgan fingerprint density at radius 2 is 1.75 bits per heavy atom. The number of nitrogens with zero attached hydrogens (tertiary/aromatic N) is 1. The summed E-state index contributed by atoms with van der Waals surface area (Å²) in [4.78, 5) is 0. The van der Waals surface area contributed by atoms with Gasteiger partial charge in [0.1, 0.15) is 11.8 Å². The average Bonchev–Trinajstić information content (AvgIpc) is 2.46. The first-order chi connectivity index (χ1) is 9.67. The van der Waals surface area contributed by atoms with Gasteiger partial charge in [-0.15, -0.1) is 0 Å². The van der Waals surface area contributed by atoms with Crippen molar-refractivity contribution in [1.82, 2.24) is 0 Å². The van der Waals surface area contributed by atoms with Crippen LogP contribution in [0.2, 0.25) is 0 Å². The van der Waals surface area contributed by atoms with Crippen molar-refractivity contribution in [2.24, 2.45) is 0 Å². The minimum absolute atomic E-state index is 0.593. The van der Waals surface area contributed by atoms with Crippen LogP contribution in [0.1, 0.15) is 22.3 Å². The van der Waals surface area contributed by atoms with E-state index in [1.54, 1.807) is 13.2 Å². The molecule has 0 unspecified atom stereocenters. The van der Waals surface area contributed by atoms with Crippen LogP contribution in [-0.2, 0) is 6.54 Å². The Hall–Kier alpha value is -2.47. The Kier molecular flexibility index (Phi) is 4.27. The molecule has 0 aliphatic carbocycles. The van der Waals surface area contributed by atoms with Crippen molar-refractivity contribution in [3.8, 4) is 11.8 Å². The zero-order valence-corrected chi connectivity index (χ0v) is 12.0. The second kappa shape index (κ2) is 6.12. The van der Waals surface area contributed by atoms with Crippen LogP contribution in [0.25, 0.3) is 0 Å². The van der Waals surface area contributed by atoms with Gasteiger partial charge in [-0.25, -0.2) is 0 Å². The van der Waals surface area contributed by atoms with Crippen LogP contribution in [0.5, 0.6) is 5.75 Å². The molecule has 0 saturated carbocycles. The van der Waals surface area contributed by atoms with E-state index in [9.17, 15) is 5.26 Å². The molecule has 0 radical (unpaired) electrons. The lowest BCUT2D eigenvalue weighted by Gasteiger charge is -2.15. The number of para-hydroxylation sites is 1. The standard InChI is InChI=1S/C17H18N2O/c1-12-6-4-7-13(2)15(12)11-19-17-14(10-18)8-5-9-16(17)20-3/h4-9,19H,11H2,1-3H3. The molecule has 1 N–H and O–H groups in total. The molecule has 0 heterocycles. The van der Waals surface area contributed by atoms with Gasteiger partial charge >= 0.3 is 0 Å². The van der Waals surface area contributed by atoms with Crippen molar-refractivity contribution in [3.63, 3.8) is 0 Å². The van der Waals surface area contributed by atoms with Crippen LogP contribution in [0.15, 0.2) is 36.4 Å². The lowest BCUT2D eigenvalue weighted by Crippen LogP contribution is -2.06. The van der Waals surface area contributed by atoms with Crippen molar-refractivity contribution < 1.29 is 4.74 Å². The van der Waals surface area contributed by atoms with Crippen molar-refractivity contribution in [2.45, 2.75) is 20.4 Å².